The monoisotopic (exact) mass is 334 g/mol. The van der Waals surface area contributed by atoms with Crippen molar-refractivity contribution in [1.29, 1.82) is 0 Å². The van der Waals surface area contributed by atoms with E-state index in [9.17, 15) is 22.8 Å². The minimum atomic E-state index is -1.09. The number of benzene rings is 2. The predicted octanol–water partition coefficient (Wildman–Crippen LogP) is 3.46. The van der Waals surface area contributed by atoms with E-state index in [4.69, 9.17) is 0 Å². The Morgan fingerprint density at radius 3 is 2.33 bits per heavy atom. The SMILES string of the molecule is CC1C(=O)N(Cc2cccc(F)c2F)C(=O)N1c1ccc(F)cc1. The first-order valence-electron chi connectivity index (χ1n) is 7.23. The highest BCUT2D eigenvalue weighted by atomic mass is 19.2. The fourth-order valence-corrected chi connectivity index (χ4v) is 2.65. The van der Waals surface area contributed by atoms with Crippen molar-refractivity contribution in [3.8, 4) is 0 Å². The highest BCUT2D eigenvalue weighted by Gasteiger charge is 2.43. The molecule has 2 aromatic carbocycles. The van der Waals surface area contributed by atoms with E-state index in [0.717, 1.165) is 11.0 Å². The van der Waals surface area contributed by atoms with Gasteiger partial charge in [0.05, 0.1) is 6.54 Å². The van der Waals surface area contributed by atoms with E-state index in [-0.39, 0.29) is 12.1 Å². The maximum Gasteiger partial charge on any atom is 0.332 e. The molecule has 1 aliphatic rings. The maximum atomic E-state index is 13.8. The smallest absolute Gasteiger partial charge is 0.282 e. The lowest BCUT2D eigenvalue weighted by atomic mass is 10.2. The van der Waals surface area contributed by atoms with Crippen LogP contribution >= 0.6 is 0 Å². The number of amides is 3. The number of rotatable bonds is 3. The molecule has 1 aliphatic heterocycles. The molecule has 3 rings (SSSR count). The number of urea groups is 1. The fraction of sp³-hybridized carbons (Fsp3) is 0.176. The quantitative estimate of drug-likeness (QED) is 0.807. The van der Waals surface area contributed by atoms with Gasteiger partial charge in [0.1, 0.15) is 11.9 Å². The Hall–Kier alpha value is -2.83. The molecule has 24 heavy (non-hydrogen) atoms. The third kappa shape index (κ3) is 2.62. The topological polar surface area (TPSA) is 40.6 Å². The molecule has 2 aromatic rings. The van der Waals surface area contributed by atoms with Crippen molar-refractivity contribution in [1.82, 2.24) is 4.90 Å². The summed E-state index contributed by atoms with van der Waals surface area (Å²) in [4.78, 5) is 26.9. The molecular formula is C17H13F3N2O2. The van der Waals surface area contributed by atoms with E-state index in [0.29, 0.717) is 5.69 Å². The maximum absolute atomic E-state index is 13.8. The van der Waals surface area contributed by atoms with E-state index in [1.165, 1.54) is 48.2 Å². The summed E-state index contributed by atoms with van der Waals surface area (Å²) >= 11 is 0. The number of imide groups is 1. The Morgan fingerprint density at radius 1 is 1.00 bits per heavy atom. The molecule has 1 unspecified atom stereocenters. The van der Waals surface area contributed by atoms with Crippen molar-refractivity contribution >= 4 is 17.6 Å². The summed E-state index contributed by atoms with van der Waals surface area (Å²) in [7, 11) is 0. The summed E-state index contributed by atoms with van der Waals surface area (Å²) in [5.41, 5.74) is 0.259. The molecule has 0 aliphatic carbocycles. The van der Waals surface area contributed by atoms with Crippen LogP contribution in [0.4, 0.5) is 23.7 Å². The second-order valence-corrected chi connectivity index (χ2v) is 5.44. The first kappa shape index (κ1) is 16.0. The number of hydrogen-bond donors (Lipinski definition) is 0. The van der Waals surface area contributed by atoms with Gasteiger partial charge in [0.2, 0.25) is 0 Å². The zero-order valence-corrected chi connectivity index (χ0v) is 12.7. The van der Waals surface area contributed by atoms with Crippen LogP contribution in [0.3, 0.4) is 0 Å². The molecule has 1 atom stereocenters. The molecule has 0 spiro atoms. The summed E-state index contributed by atoms with van der Waals surface area (Å²) in [6, 6.07) is 7.20. The molecule has 1 saturated heterocycles. The molecule has 0 N–H and O–H groups in total. The lowest BCUT2D eigenvalue weighted by Crippen LogP contribution is -2.33. The Labute approximate surface area is 136 Å². The molecule has 4 nitrogen and oxygen atoms in total. The molecule has 0 radical (unpaired) electrons. The van der Waals surface area contributed by atoms with Crippen LogP contribution in [0.2, 0.25) is 0 Å². The Bertz CT molecular complexity index is 808. The summed E-state index contributed by atoms with van der Waals surface area (Å²) in [5.74, 6) is -3.14. The van der Waals surface area contributed by atoms with Gasteiger partial charge in [-0.05, 0) is 37.3 Å². The third-order valence-electron chi connectivity index (χ3n) is 3.91. The van der Waals surface area contributed by atoms with Crippen molar-refractivity contribution in [3.05, 3.63) is 65.5 Å². The summed E-state index contributed by atoms with van der Waals surface area (Å²) in [6.45, 7) is 1.15. The summed E-state index contributed by atoms with van der Waals surface area (Å²) in [5, 5.41) is 0. The van der Waals surface area contributed by atoms with Gasteiger partial charge in [0, 0.05) is 11.3 Å². The third-order valence-corrected chi connectivity index (χ3v) is 3.91. The van der Waals surface area contributed by atoms with Crippen molar-refractivity contribution in [2.24, 2.45) is 0 Å². The highest BCUT2D eigenvalue weighted by Crippen LogP contribution is 2.27. The van der Waals surface area contributed by atoms with Gasteiger partial charge in [-0.15, -0.1) is 0 Å². The lowest BCUT2D eigenvalue weighted by Gasteiger charge is -2.19. The average Bonchev–Trinajstić information content (AvgIpc) is 2.76. The summed E-state index contributed by atoms with van der Waals surface area (Å²) < 4.78 is 40.1. The van der Waals surface area contributed by atoms with Gasteiger partial charge in [-0.1, -0.05) is 12.1 Å². The van der Waals surface area contributed by atoms with Gasteiger partial charge in [-0.25, -0.2) is 18.0 Å². The number of hydrogen-bond acceptors (Lipinski definition) is 2. The number of carbonyl (C=O) groups is 2. The van der Waals surface area contributed by atoms with Crippen LogP contribution in [0, 0.1) is 17.5 Å². The average molecular weight is 334 g/mol. The van der Waals surface area contributed by atoms with Crippen LogP contribution in [0.15, 0.2) is 42.5 Å². The molecule has 1 heterocycles. The number of anilines is 1. The number of carbonyl (C=O) groups excluding carboxylic acids is 2. The van der Waals surface area contributed by atoms with Gasteiger partial charge in [0.15, 0.2) is 11.6 Å². The molecule has 0 bridgehead atoms. The molecular weight excluding hydrogens is 321 g/mol. The Balaban J connectivity index is 1.90. The van der Waals surface area contributed by atoms with Crippen LogP contribution < -0.4 is 4.90 Å². The van der Waals surface area contributed by atoms with Crippen molar-refractivity contribution in [3.63, 3.8) is 0 Å². The largest absolute Gasteiger partial charge is 0.332 e. The zero-order chi connectivity index (χ0) is 17.4. The molecule has 7 heteroatoms. The zero-order valence-electron chi connectivity index (χ0n) is 12.7. The van der Waals surface area contributed by atoms with Crippen molar-refractivity contribution in [2.45, 2.75) is 19.5 Å². The van der Waals surface area contributed by atoms with Crippen molar-refractivity contribution < 1.29 is 22.8 Å². The van der Waals surface area contributed by atoms with E-state index >= 15 is 0 Å². The minimum Gasteiger partial charge on any atom is -0.282 e. The molecule has 3 amide bonds. The normalized spacial score (nSPS) is 17.8. The summed E-state index contributed by atoms with van der Waals surface area (Å²) in [6.07, 6.45) is 0. The van der Waals surface area contributed by atoms with Gasteiger partial charge in [0.25, 0.3) is 5.91 Å². The second kappa shape index (κ2) is 5.99. The minimum absolute atomic E-state index is 0.0927. The van der Waals surface area contributed by atoms with Crippen LogP contribution in [0.25, 0.3) is 0 Å². The van der Waals surface area contributed by atoms with E-state index in [1.54, 1.807) is 0 Å². The van der Waals surface area contributed by atoms with E-state index in [2.05, 4.69) is 0 Å². The Morgan fingerprint density at radius 2 is 1.67 bits per heavy atom. The molecule has 124 valence electrons. The number of halogens is 3. The van der Waals surface area contributed by atoms with Gasteiger partial charge >= 0.3 is 6.03 Å². The van der Waals surface area contributed by atoms with Gasteiger partial charge in [-0.2, -0.15) is 0 Å². The highest BCUT2D eigenvalue weighted by molar-refractivity contribution is 6.13. The van der Waals surface area contributed by atoms with E-state index in [1.807, 2.05) is 0 Å². The standard InChI is InChI=1S/C17H13F3N2O2/c1-10-16(23)21(9-11-3-2-4-14(19)15(11)20)17(24)22(10)13-7-5-12(18)6-8-13/h2-8,10H,9H2,1H3. The molecule has 1 fully saturated rings. The predicted molar refractivity (Wildman–Crippen MR) is 80.6 cm³/mol. The fourth-order valence-electron chi connectivity index (χ4n) is 2.65. The van der Waals surface area contributed by atoms with Crippen molar-refractivity contribution in [2.75, 3.05) is 4.90 Å². The van der Waals surface area contributed by atoms with Gasteiger partial charge < -0.3 is 0 Å². The van der Waals surface area contributed by atoms with Crippen LogP contribution in [-0.2, 0) is 11.3 Å². The second-order valence-electron chi connectivity index (χ2n) is 5.44. The lowest BCUT2D eigenvalue weighted by molar-refractivity contribution is -0.127. The first-order valence-corrected chi connectivity index (χ1v) is 7.23. The number of nitrogens with zero attached hydrogens (tertiary/aromatic N) is 2. The first-order chi connectivity index (χ1) is 11.4. The van der Waals surface area contributed by atoms with Crippen LogP contribution in [0.5, 0.6) is 0 Å². The van der Waals surface area contributed by atoms with Crippen LogP contribution in [-0.4, -0.2) is 22.9 Å². The molecule has 0 aromatic heterocycles. The van der Waals surface area contributed by atoms with Crippen LogP contribution in [0.1, 0.15) is 12.5 Å². The van der Waals surface area contributed by atoms with E-state index < -0.39 is 35.4 Å². The Kier molecular flexibility index (Phi) is 4.01. The van der Waals surface area contributed by atoms with Gasteiger partial charge in [-0.3, -0.25) is 14.6 Å². The molecule has 0 saturated carbocycles.